The average Bonchev–Trinajstić information content (AvgIpc) is 2.39. The van der Waals surface area contributed by atoms with Gasteiger partial charge in [-0.3, -0.25) is 4.90 Å². The van der Waals surface area contributed by atoms with Gasteiger partial charge in [0.2, 0.25) is 0 Å². The van der Waals surface area contributed by atoms with Crippen molar-refractivity contribution < 1.29 is 0 Å². The van der Waals surface area contributed by atoms with Crippen LogP contribution in [-0.4, -0.2) is 36.1 Å². The molecule has 1 aliphatic heterocycles. The minimum Gasteiger partial charge on any atom is -0.311 e. The Morgan fingerprint density at radius 2 is 1.89 bits per heavy atom. The van der Waals surface area contributed by atoms with Crippen molar-refractivity contribution >= 4 is 0 Å². The molecule has 0 spiro atoms. The molecule has 1 N–H and O–H groups in total. The lowest BCUT2D eigenvalue weighted by atomic mass is 9.88. The quantitative estimate of drug-likeness (QED) is 0.729. The van der Waals surface area contributed by atoms with Gasteiger partial charge < -0.3 is 5.32 Å². The summed E-state index contributed by atoms with van der Waals surface area (Å²) in [4.78, 5) is 2.65. The molecular weight excluding hydrogens is 220 g/mol. The minimum absolute atomic E-state index is 0.208. The first kappa shape index (κ1) is 15.5. The van der Waals surface area contributed by atoms with Gasteiger partial charge in [-0.1, -0.05) is 13.3 Å². The molecule has 18 heavy (non-hydrogen) atoms. The highest BCUT2D eigenvalue weighted by atomic mass is 15.2. The smallest absolute Gasteiger partial charge is 0.0356 e. The predicted molar refractivity (Wildman–Crippen MR) is 79.7 cm³/mol. The SMILES string of the molecule is CC#CCC(NCCC)C(C)(C)N1CCCCC1. The molecule has 0 radical (unpaired) electrons. The molecular formula is C16H30N2. The number of nitrogens with one attached hydrogen (secondary N) is 1. The van der Waals surface area contributed by atoms with E-state index >= 15 is 0 Å². The van der Waals surface area contributed by atoms with Crippen molar-refractivity contribution in [3.63, 3.8) is 0 Å². The van der Waals surface area contributed by atoms with Gasteiger partial charge in [-0.15, -0.1) is 11.8 Å². The van der Waals surface area contributed by atoms with Crippen LogP contribution in [0.1, 0.15) is 59.8 Å². The van der Waals surface area contributed by atoms with Gasteiger partial charge in [-0.25, -0.2) is 0 Å². The Bertz CT molecular complexity index is 279. The van der Waals surface area contributed by atoms with Crippen LogP contribution in [-0.2, 0) is 0 Å². The molecule has 1 saturated heterocycles. The van der Waals surface area contributed by atoms with E-state index in [1.54, 1.807) is 0 Å². The van der Waals surface area contributed by atoms with E-state index in [0.717, 1.165) is 13.0 Å². The number of hydrogen-bond acceptors (Lipinski definition) is 2. The summed E-state index contributed by atoms with van der Waals surface area (Å²) >= 11 is 0. The summed E-state index contributed by atoms with van der Waals surface area (Å²) in [6, 6.07) is 0.475. The van der Waals surface area contributed by atoms with Gasteiger partial charge in [0.1, 0.15) is 0 Å². The zero-order valence-electron chi connectivity index (χ0n) is 12.7. The molecule has 0 bridgehead atoms. The Hall–Kier alpha value is -0.520. The molecule has 0 aliphatic carbocycles. The van der Waals surface area contributed by atoms with Crippen LogP contribution < -0.4 is 5.32 Å². The van der Waals surface area contributed by atoms with Crippen LogP contribution >= 0.6 is 0 Å². The van der Waals surface area contributed by atoms with Crippen LogP contribution in [0.4, 0.5) is 0 Å². The summed E-state index contributed by atoms with van der Waals surface area (Å²) < 4.78 is 0. The normalized spacial score (nSPS) is 19.1. The zero-order chi connectivity index (χ0) is 13.4. The standard InChI is InChI=1S/C16H30N2/c1-5-7-11-15(17-12-6-2)16(3,4)18-13-9-8-10-14-18/h15,17H,6,8-14H2,1-4H3. The molecule has 2 heteroatoms. The topological polar surface area (TPSA) is 15.3 Å². The fourth-order valence-electron chi connectivity index (χ4n) is 2.79. The molecule has 1 aliphatic rings. The Kier molecular flexibility index (Phi) is 6.75. The summed E-state index contributed by atoms with van der Waals surface area (Å²) in [5.41, 5.74) is 0.208. The Morgan fingerprint density at radius 3 is 2.44 bits per heavy atom. The lowest BCUT2D eigenvalue weighted by Crippen LogP contribution is -2.59. The van der Waals surface area contributed by atoms with Gasteiger partial charge in [0.15, 0.2) is 0 Å². The molecule has 1 atom stereocenters. The van der Waals surface area contributed by atoms with E-state index in [2.05, 4.69) is 42.8 Å². The van der Waals surface area contributed by atoms with Crippen LogP contribution in [0.5, 0.6) is 0 Å². The van der Waals surface area contributed by atoms with Crippen molar-refractivity contribution in [2.45, 2.75) is 71.4 Å². The largest absolute Gasteiger partial charge is 0.311 e. The van der Waals surface area contributed by atoms with E-state index in [4.69, 9.17) is 0 Å². The lowest BCUT2D eigenvalue weighted by molar-refractivity contribution is 0.0626. The van der Waals surface area contributed by atoms with Crippen molar-refractivity contribution in [2.75, 3.05) is 19.6 Å². The fourth-order valence-corrected chi connectivity index (χ4v) is 2.79. The molecule has 0 aromatic rings. The highest BCUT2D eigenvalue weighted by molar-refractivity contribution is 5.04. The minimum atomic E-state index is 0.208. The Balaban J connectivity index is 2.67. The second kappa shape index (κ2) is 7.81. The van der Waals surface area contributed by atoms with E-state index in [0.29, 0.717) is 6.04 Å². The van der Waals surface area contributed by atoms with E-state index in [1.807, 2.05) is 6.92 Å². The lowest BCUT2D eigenvalue weighted by Gasteiger charge is -2.46. The third-order valence-corrected chi connectivity index (χ3v) is 4.15. The van der Waals surface area contributed by atoms with E-state index in [9.17, 15) is 0 Å². The van der Waals surface area contributed by atoms with Crippen LogP contribution in [0.2, 0.25) is 0 Å². The number of nitrogens with zero attached hydrogens (tertiary/aromatic N) is 1. The maximum atomic E-state index is 3.70. The fraction of sp³-hybridized carbons (Fsp3) is 0.875. The van der Waals surface area contributed by atoms with Crippen molar-refractivity contribution in [3.8, 4) is 11.8 Å². The van der Waals surface area contributed by atoms with Crippen molar-refractivity contribution in [1.82, 2.24) is 10.2 Å². The first-order valence-corrected chi connectivity index (χ1v) is 7.51. The monoisotopic (exact) mass is 250 g/mol. The van der Waals surface area contributed by atoms with Crippen molar-refractivity contribution in [3.05, 3.63) is 0 Å². The van der Waals surface area contributed by atoms with Gasteiger partial charge in [0, 0.05) is 18.0 Å². The molecule has 1 fully saturated rings. The number of likely N-dealkylation sites (tertiary alicyclic amines) is 1. The van der Waals surface area contributed by atoms with Crippen molar-refractivity contribution in [1.29, 1.82) is 0 Å². The Morgan fingerprint density at radius 1 is 1.22 bits per heavy atom. The Labute approximate surface area is 114 Å². The van der Waals surface area contributed by atoms with Gasteiger partial charge >= 0.3 is 0 Å². The van der Waals surface area contributed by atoms with Crippen LogP contribution in [0.15, 0.2) is 0 Å². The molecule has 2 nitrogen and oxygen atoms in total. The van der Waals surface area contributed by atoms with Crippen LogP contribution in [0.25, 0.3) is 0 Å². The maximum absolute atomic E-state index is 3.70. The van der Waals surface area contributed by atoms with E-state index in [1.165, 1.54) is 38.8 Å². The summed E-state index contributed by atoms with van der Waals surface area (Å²) in [6.07, 6.45) is 6.24. The summed E-state index contributed by atoms with van der Waals surface area (Å²) in [7, 11) is 0. The zero-order valence-corrected chi connectivity index (χ0v) is 12.7. The third kappa shape index (κ3) is 4.30. The first-order chi connectivity index (χ1) is 8.62. The second-order valence-corrected chi connectivity index (χ2v) is 5.84. The van der Waals surface area contributed by atoms with Gasteiger partial charge in [-0.05, 0) is 59.7 Å². The molecule has 0 aromatic carbocycles. The van der Waals surface area contributed by atoms with Gasteiger partial charge in [0.05, 0.1) is 0 Å². The molecule has 1 unspecified atom stereocenters. The molecule has 104 valence electrons. The number of hydrogen-bond donors (Lipinski definition) is 1. The molecule has 1 heterocycles. The second-order valence-electron chi connectivity index (χ2n) is 5.84. The molecule has 0 aromatic heterocycles. The highest BCUT2D eigenvalue weighted by Gasteiger charge is 2.34. The maximum Gasteiger partial charge on any atom is 0.0356 e. The number of piperidine rings is 1. The van der Waals surface area contributed by atoms with Crippen LogP contribution in [0.3, 0.4) is 0 Å². The summed E-state index contributed by atoms with van der Waals surface area (Å²) in [6.45, 7) is 12.5. The average molecular weight is 250 g/mol. The predicted octanol–water partition coefficient (Wildman–Crippen LogP) is 3.03. The number of rotatable bonds is 6. The first-order valence-electron chi connectivity index (χ1n) is 7.51. The highest BCUT2D eigenvalue weighted by Crippen LogP contribution is 2.25. The summed E-state index contributed by atoms with van der Waals surface area (Å²) in [5, 5.41) is 3.70. The molecule has 1 rings (SSSR count). The van der Waals surface area contributed by atoms with E-state index in [-0.39, 0.29) is 5.54 Å². The molecule has 0 amide bonds. The molecule has 0 saturated carbocycles. The van der Waals surface area contributed by atoms with Gasteiger partial charge in [0.25, 0.3) is 0 Å². The van der Waals surface area contributed by atoms with Crippen molar-refractivity contribution in [2.24, 2.45) is 0 Å². The third-order valence-electron chi connectivity index (χ3n) is 4.15. The van der Waals surface area contributed by atoms with Gasteiger partial charge in [-0.2, -0.15) is 0 Å². The van der Waals surface area contributed by atoms with Crippen LogP contribution in [0, 0.1) is 11.8 Å². The summed E-state index contributed by atoms with van der Waals surface area (Å²) in [5.74, 6) is 6.30. The van der Waals surface area contributed by atoms with E-state index < -0.39 is 0 Å².